The molecule has 1 saturated heterocycles. The third kappa shape index (κ3) is 2.97. The summed E-state index contributed by atoms with van der Waals surface area (Å²) in [4.78, 5) is 40.9. The van der Waals surface area contributed by atoms with E-state index in [4.69, 9.17) is 4.42 Å². The van der Waals surface area contributed by atoms with E-state index in [2.05, 4.69) is 22.6 Å². The maximum atomic E-state index is 12.9. The van der Waals surface area contributed by atoms with Gasteiger partial charge in [0.05, 0.1) is 18.4 Å². The lowest BCUT2D eigenvalue weighted by molar-refractivity contribution is -0.122. The number of benzene rings is 1. The Hall–Kier alpha value is -2.16. The van der Waals surface area contributed by atoms with Crippen LogP contribution in [0, 0.1) is 3.57 Å². The second-order valence-corrected chi connectivity index (χ2v) is 7.43. The minimum absolute atomic E-state index is 0.00368. The fourth-order valence-electron chi connectivity index (χ4n) is 3.14. The van der Waals surface area contributed by atoms with Crippen molar-refractivity contribution in [3.05, 3.63) is 52.0 Å². The number of imide groups is 1. The lowest BCUT2D eigenvalue weighted by Gasteiger charge is -2.26. The zero-order valence-corrected chi connectivity index (χ0v) is 15.4. The summed E-state index contributed by atoms with van der Waals surface area (Å²) in [5.74, 6) is -0.768. The minimum atomic E-state index is -0.767. The number of halogens is 1. The predicted octanol–water partition coefficient (Wildman–Crippen LogP) is 2.82. The molecule has 1 atom stereocenters. The van der Waals surface area contributed by atoms with Crippen molar-refractivity contribution >= 4 is 46.0 Å². The average molecular weight is 450 g/mol. The fourth-order valence-corrected chi connectivity index (χ4v) is 3.50. The topological polar surface area (TPSA) is 70.8 Å². The van der Waals surface area contributed by atoms with Gasteiger partial charge in [0.25, 0.3) is 11.8 Å². The molecule has 2 heterocycles. The molecule has 0 spiro atoms. The second kappa shape index (κ2) is 6.29. The molecule has 7 heteroatoms. The third-order valence-electron chi connectivity index (χ3n) is 4.45. The van der Waals surface area contributed by atoms with Crippen LogP contribution in [0.5, 0.6) is 0 Å². The molecule has 1 aromatic heterocycles. The number of carbonyl (C=O) groups is 3. The van der Waals surface area contributed by atoms with Gasteiger partial charge in [-0.25, -0.2) is 4.90 Å². The SMILES string of the molecule is O=C1CC(N(C(=O)c2ccco2)C2CC2)C(=O)N1c1ccc(I)cc1. The van der Waals surface area contributed by atoms with Gasteiger partial charge in [0.2, 0.25) is 5.91 Å². The van der Waals surface area contributed by atoms with Gasteiger partial charge in [0.1, 0.15) is 6.04 Å². The third-order valence-corrected chi connectivity index (χ3v) is 5.17. The normalized spacial score (nSPS) is 20.2. The molecule has 3 amide bonds. The van der Waals surface area contributed by atoms with Gasteiger partial charge < -0.3 is 9.32 Å². The summed E-state index contributed by atoms with van der Waals surface area (Å²) in [6, 6.07) is 9.62. The van der Waals surface area contributed by atoms with E-state index in [9.17, 15) is 14.4 Å². The van der Waals surface area contributed by atoms with Gasteiger partial charge in [-0.15, -0.1) is 0 Å². The van der Waals surface area contributed by atoms with Crippen molar-refractivity contribution in [2.75, 3.05) is 4.90 Å². The summed E-state index contributed by atoms with van der Waals surface area (Å²) < 4.78 is 6.22. The zero-order chi connectivity index (χ0) is 17.6. The van der Waals surface area contributed by atoms with Crippen molar-refractivity contribution in [3.63, 3.8) is 0 Å². The molecule has 4 rings (SSSR count). The van der Waals surface area contributed by atoms with Crippen molar-refractivity contribution < 1.29 is 18.8 Å². The molecule has 25 heavy (non-hydrogen) atoms. The Bertz CT molecular complexity index is 827. The lowest BCUT2D eigenvalue weighted by atomic mass is 10.2. The first-order chi connectivity index (χ1) is 12.1. The van der Waals surface area contributed by atoms with Gasteiger partial charge in [-0.3, -0.25) is 14.4 Å². The number of hydrogen-bond acceptors (Lipinski definition) is 4. The highest BCUT2D eigenvalue weighted by Gasteiger charge is 2.49. The summed E-state index contributed by atoms with van der Waals surface area (Å²) in [7, 11) is 0. The van der Waals surface area contributed by atoms with Crippen LogP contribution in [0.3, 0.4) is 0 Å². The first-order valence-electron chi connectivity index (χ1n) is 8.05. The Morgan fingerprint density at radius 1 is 1.16 bits per heavy atom. The van der Waals surface area contributed by atoms with Crippen LogP contribution in [0.4, 0.5) is 5.69 Å². The van der Waals surface area contributed by atoms with Crippen LogP contribution in [0.1, 0.15) is 29.8 Å². The maximum Gasteiger partial charge on any atom is 0.290 e. The highest BCUT2D eigenvalue weighted by molar-refractivity contribution is 14.1. The van der Waals surface area contributed by atoms with Crippen molar-refractivity contribution in [1.29, 1.82) is 0 Å². The van der Waals surface area contributed by atoms with Crippen LogP contribution in [-0.4, -0.2) is 34.7 Å². The quantitative estimate of drug-likeness (QED) is 0.531. The molecule has 6 nitrogen and oxygen atoms in total. The largest absolute Gasteiger partial charge is 0.459 e. The molecule has 1 aromatic carbocycles. The van der Waals surface area contributed by atoms with Crippen LogP contribution >= 0.6 is 22.6 Å². The maximum absolute atomic E-state index is 12.9. The van der Waals surface area contributed by atoms with Gasteiger partial charge in [-0.1, -0.05) is 0 Å². The van der Waals surface area contributed by atoms with Crippen LogP contribution in [0.25, 0.3) is 0 Å². The van der Waals surface area contributed by atoms with Crippen LogP contribution in [0.2, 0.25) is 0 Å². The lowest BCUT2D eigenvalue weighted by Crippen LogP contribution is -2.46. The standard InChI is InChI=1S/C18H15IN2O4/c19-11-3-5-13(6-4-11)21-16(22)10-14(17(21)23)20(12-7-8-12)18(24)15-2-1-9-25-15/h1-6,9,12,14H,7-8,10H2. The molecular formula is C18H15IN2O4. The number of hydrogen-bond donors (Lipinski definition) is 0. The molecule has 1 aliphatic carbocycles. The van der Waals surface area contributed by atoms with E-state index in [1.165, 1.54) is 16.1 Å². The Balaban J connectivity index is 1.63. The Morgan fingerprint density at radius 2 is 1.88 bits per heavy atom. The van der Waals surface area contributed by atoms with Crippen LogP contribution in [0.15, 0.2) is 47.1 Å². The van der Waals surface area contributed by atoms with Gasteiger partial charge in [0.15, 0.2) is 5.76 Å². The molecule has 1 saturated carbocycles. The molecule has 2 fully saturated rings. The van der Waals surface area contributed by atoms with Crippen molar-refractivity contribution in [2.45, 2.75) is 31.3 Å². The Labute approximate surface area is 157 Å². The minimum Gasteiger partial charge on any atom is -0.459 e. The fraction of sp³-hybridized carbons (Fsp3) is 0.278. The summed E-state index contributed by atoms with van der Waals surface area (Å²) in [5.41, 5.74) is 0.541. The van der Waals surface area contributed by atoms with Gasteiger partial charge in [-0.05, 0) is 71.8 Å². The molecule has 2 aliphatic rings. The van der Waals surface area contributed by atoms with Crippen LogP contribution < -0.4 is 4.90 Å². The summed E-state index contributed by atoms with van der Waals surface area (Å²) in [6.07, 6.45) is 3.12. The van der Waals surface area contributed by atoms with E-state index in [1.54, 1.807) is 24.3 Å². The van der Waals surface area contributed by atoms with Gasteiger partial charge in [-0.2, -0.15) is 0 Å². The van der Waals surface area contributed by atoms with Gasteiger partial charge in [0, 0.05) is 9.61 Å². The van der Waals surface area contributed by atoms with Crippen LogP contribution in [-0.2, 0) is 9.59 Å². The number of furan rings is 1. The number of rotatable bonds is 4. The smallest absolute Gasteiger partial charge is 0.290 e. The molecule has 1 unspecified atom stereocenters. The molecule has 1 aliphatic heterocycles. The van der Waals surface area contributed by atoms with E-state index in [0.717, 1.165) is 16.4 Å². The van der Waals surface area contributed by atoms with E-state index in [-0.39, 0.29) is 35.9 Å². The van der Waals surface area contributed by atoms with E-state index in [1.807, 2.05) is 12.1 Å². The van der Waals surface area contributed by atoms with Crippen molar-refractivity contribution in [2.24, 2.45) is 0 Å². The number of nitrogens with zero attached hydrogens (tertiary/aromatic N) is 2. The van der Waals surface area contributed by atoms with E-state index in [0.29, 0.717) is 5.69 Å². The summed E-state index contributed by atoms with van der Waals surface area (Å²) in [5, 5.41) is 0. The van der Waals surface area contributed by atoms with E-state index < -0.39 is 6.04 Å². The second-order valence-electron chi connectivity index (χ2n) is 6.18. The summed E-state index contributed by atoms with van der Waals surface area (Å²) in [6.45, 7) is 0. The molecular weight excluding hydrogens is 435 g/mol. The predicted molar refractivity (Wildman–Crippen MR) is 98.0 cm³/mol. The molecule has 0 N–H and O–H groups in total. The first-order valence-corrected chi connectivity index (χ1v) is 9.12. The van der Waals surface area contributed by atoms with E-state index >= 15 is 0 Å². The monoisotopic (exact) mass is 450 g/mol. The molecule has 0 radical (unpaired) electrons. The number of amides is 3. The molecule has 2 aromatic rings. The average Bonchev–Trinajstić information content (AvgIpc) is 3.18. The van der Waals surface area contributed by atoms with Crippen molar-refractivity contribution in [3.8, 4) is 0 Å². The first kappa shape index (κ1) is 16.3. The molecule has 0 bridgehead atoms. The number of anilines is 1. The zero-order valence-electron chi connectivity index (χ0n) is 13.2. The Morgan fingerprint density at radius 3 is 2.48 bits per heavy atom. The highest BCUT2D eigenvalue weighted by Crippen LogP contribution is 2.35. The van der Waals surface area contributed by atoms with Crippen molar-refractivity contribution in [1.82, 2.24) is 4.90 Å². The Kier molecular flexibility index (Phi) is 4.10. The highest BCUT2D eigenvalue weighted by atomic mass is 127. The number of carbonyl (C=O) groups excluding carboxylic acids is 3. The van der Waals surface area contributed by atoms with Gasteiger partial charge >= 0.3 is 0 Å². The summed E-state index contributed by atoms with van der Waals surface area (Å²) >= 11 is 2.16. The molecule has 128 valence electrons.